The molecule has 0 heterocycles. The van der Waals surface area contributed by atoms with Crippen LogP contribution in [0, 0.1) is 0 Å². The van der Waals surface area contributed by atoms with Crippen molar-refractivity contribution in [3.05, 3.63) is 168 Å². The highest BCUT2D eigenvalue weighted by Crippen LogP contribution is 2.62. The number of fused-ring (bicyclic) bond motifs is 7. The van der Waals surface area contributed by atoms with Gasteiger partial charge in [-0.2, -0.15) is 0 Å². The van der Waals surface area contributed by atoms with Crippen molar-refractivity contribution in [2.45, 2.75) is 5.41 Å². The predicted octanol–water partition coefficient (Wildman–Crippen LogP) is 10.1. The molecule has 0 saturated heterocycles. The molecule has 2 N–H and O–H groups in total. The highest BCUT2D eigenvalue weighted by Gasteiger charge is 2.51. The SMILES string of the molecule is Oc1ccc2ccccc2c1C1(c2c(O)ccc3ccccc23)c2cc3ccccc3cc2-c2cc3ccccc3cc21. The Balaban J connectivity index is 1.61. The normalized spacial score (nSPS) is 13.5. The number of phenols is 2. The van der Waals surface area contributed by atoms with Crippen LogP contribution in [0.1, 0.15) is 22.3 Å². The zero-order chi connectivity index (χ0) is 28.7. The van der Waals surface area contributed by atoms with Gasteiger partial charge in [0, 0.05) is 11.1 Å². The van der Waals surface area contributed by atoms with Crippen LogP contribution < -0.4 is 0 Å². The van der Waals surface area contributed by atoms with Gasteiger partial charge in [0.05, 0.1) is 5.41 Å². The van der Waals surface area contributed by atoms with Crippen LogP contribution in [0.25, 0.3) is 54.2 Å². The molecule has 0 radical (unpaired) electrons. The summed E-state index contributed by atoms with van der Waals surface area (Å²) in [6, 6.07) is 50.0. The molecule has 202 valence electrons. The van der Waals surface area contributed by atoms with Crippen molar-refractivity contribution in [2.75, 3.05) is 0 Å². The molecule has 0 amide bonds. The summed E-state index contributed by atoms with van der Waals surface area (Å²) < 4.78 is 0. The maximum Gasteiger partial charge on any atom is 0.121 e. The molecule has 0 unspecified atom stereocenters. The molecule has 0 aromatic heterocycles. The Bertz CT molecular complexity index is 2260. The van der Waals surface area contributed by atoms with E-state index in [4.69, 9.17) is 0 Å². The van der Waals surface area contributed by atoms with Gasteiger partial charge in [-0.3, -0.25) is 0 Å². The van der Waals surface area contributed by atoms with Gasteiger partial charge < -0.3 is 10.2 Å². The smallest absolute Gasteiger partial charge is 0.121 e. The third kappa shape index (κ3) is 3.18. The number of rotatable bonds is 2. The van der Waals surface area contributed by atoms with Crippen molar-refractivity contribution < 1.29 is 10.2 Å². The van der Waals surface area contributed by atoms with Crippen molar-refractivity contribution in [3.8, 4) is 22.6 Å². The maximum atomic E-state index is 12.1. The summed E-state index contributed by atoms with van der Waals surface area (Å²) in [7, 11) is 0. The summed E-state index contributed by atoms with van der Waals surface area (Å²) in [5.74, 6) is 0.400. The minimum atomic E-state index is -1.02. The summed E-state index contributed by atoms with van der Waals surface area (Å²) in [6.45, 7) is 0. The Kier molecular flexibility index (Phi) is 4.87. The molecule has 2 nitrogen and oxygen atoms in total. The van der Waals surface area contributed by atoms with Crippen LogP contribution in [0.5, 0.6) is 11.5 Å². The molecule has 43 heavy (non-hydrogen) atoms. The average molecular weight is 551 g/mol. The van der Waals surface area contributed by atoms with Gasteiger partial charge in [-0.05, 0) is 102 Å². The second kappa shape index (κ2) is 8.70. The first-order valence-corrected chi connectivity index (χ1v) is 14.6. The molecule has 0 aliphatic heterocycles. The lowest BCUT2D eigenvalue weighted by Crippen LogP contribution is -2.29. The molecule has 8 aromatic rings. The van der Waals surface area contributed by atoms with Crippen LogP contribution in [0.2, 0.25) is 0 Å². The molecule has 0 atom stereocenters. The van der Waals surface area contributed by atoms with E-state index in [1.165, 1.54) is 0 Å². The Labute approximate surface area is 248 Å². The summed E-state index contributed by atoms with van der Waals surface area (Å²) in [6.07, 6.45) is 0. The summed E-state index contributed by atoms with van der Waals surface area (Å²) in [4.78, 5) is 0. The number of hydrogen-bond donors (Lipinski definition) is 2. The maximum absolute atomic E-state index is 12.1. The van der Waals surface area contributed by atoms with Crippen LogP contribution in [0.4, 0.5) is 0 Å². The van der Waals surface area contributed by atoms with Gasteiger partial charge in [0.25, 0.3) is 0 Å². The molecule has 9 rings (SSSR count). The van der Waals surface area contributed by atoms with Crippen LogP contribution in [-0.4, -0.2) is 10.2 Å². The van der Waals surface area contributed by atoms with Gasteiger partial charge >= 0.3 is 0 Å². The standard InChI is InChI=1S/C41H26O2/c42-37-19-17-25-9-5-7-15-31(25)39(37)41(40-32-16-8-6-10-26(32)18-20-38(40)43)35-23-29-13-3-1-11-27(29)21-33(35)34-22-28-12-2-4-14-30(28)24-36(34)41/h1-24,42-43H. The molecule has 1 aliphatic rings. The first-order chi connectivity index (χ1) is 21.1. The lowest BCUT2D eigenvalue weighted by Gasteiger charge is -2.36. The summed E-state index contributed by atoms with van der Waals surface area (Å²) in [5, 5.41) is 32.6. The van der Waals surface area contributed by atoms with E-state index >= 15 is 0 Å². The zero-order valence-corrected chi connectivity index (χ0v) is 23.3. The molecular formula is C41H26O2. The van der Waals surface area contributed by atoms with Gasteiger partial charge in [0.1, 0.15) is 11.5 Å². The molecule has 8 aromatic carbocycles. The zero-order valence-electron chi connectivity index (χ0n) is 23.3. The summed E-state index contributed by atoms with van der Waals surface area (Å²) >= 11 is 0. The van der Waals surface area contributed by atoms with E-state index in [0.717, 1.165) is 76.5 Å². The number of aromatic hydroxyl groups is 2. The van der Waals surface area contributed by atoms with Crippen LogP contribution in [-0.2, 0) is 5.41 Å². The molecule has 0 fully saturated rings. The van der Waals surface area contributed by atoms with E-state index in [9.17, 15) is 10.2 Å². The van der Waals surface area contributed by atoms with Gasteiger partial charge in [0.2, 0.25) is 0 Å². The first kappa shape index (κ1) is 24.0. The number of benzene rings is 8. The van der Waals surface area contributed by atoms with Gasteiger partial charge in [0.15, 0.2) is 0 Å². The third-order valence-corrected chi connectivity index (χ3v) is 9.43. The number of phenolic OH excluding ortho intramolecular Hbond substituents is 2. The molecular weight excluding hydrogens is 524 g/mol. The van der Waals surface area contributed by atoms with Gasteiger partial charge in [-0.25, -0.2) is 0 Å². The Hall–Kier alpha value is -5.60. The molecule has 1 aliphatic carbocycles. The van der Waals surface area contributed by atoms with Crippen molar-refractivity contribution in [1.82, 2.24) is 0 Å². The minimum absolute atomic E-state index is 0.200. The molecule has 0 bridgehead atoms. The fourth-order valence-electron chi connectivity index (χ4n) is 7.66. The van der Waals surface area contributed by atoms with E-state index in [1.807, 2.05) is 36.4 Å². The van der Waals surface area contributed by atoms with E-state index in [1.54, 1.807) is 12.1 Å². The largest absolute Gasteiger partial charge is 0.508 e. The van der Waals surface area contributed by atoms with E-state index in [0.29, 0.717) is 0 Å². The lowest BCUT2D eigenvalue weighted by molar-refractivity contribution is 0.451. The summed E-state index contributed by atoms with van der Waals surface area (Å²) in [5.41, 5.74) is 4.86. The molecule has 2 heteroatoms. The van der Waals surface area contributed by atoms with E-state index < -0.39 is 5.41 Å². The topological polar surface area (TPSA) is 40.5 Å². The van der Waals surface area contributed by atoms with Gasteiger partial charge in [-0.1, -0.05) is 109 Å². The predicted molar refractivity (Wildman–Crippen MR) is 177 cm³/mol. The van der Waals surface area contributed by atoms with Crippen molar-refractivity contribution >= 4 is 43.1 Å². The average Bonchev–Trinajstić information content (AvgIpc) is 3.30. The number of hydrogen-bond acceptors (Lipinski definition) is 2. The monoisotopic (exact) mass is 550 g/mol. The van der Waals surface area contributed by atoms with Crippen LogP contribution in [0.15, 0.2) is 146 Å². The third-order valence-electron chi connectivity index (χ3n) is 9.43. The van der Waals surface area contributed by atoms with Crippen molar-refractivity contribution in [3.63, 3.8) is 0 Å². The second-order valence-corrected chi connectivity index (χ2v) is 11.6. The van der Waals surface area contributed by atoms with Crippen LogP contribution in [0.3, 0.4) is 0 Å². The van der Waals surface area contributed by atoms with Crippen molar-refractivity contribution in [1.29, 1.82) is 0 Å². The molecule has 0 spiro atoms. The fraction of sp³-hybridized carbons (Fsp3) is 0.0244. The first-order valence-electron chi connectivity index (χ1n) is 14.6. The molecule has 0 saturated carbocycles. The minimum Gasteiger partial charge on any atom is -0.508 e. The van der Waals surface area contributed by atoms with E-state index in [2.05, 4.69) is 97.1 Å². The lowest BCUT2D eigenvalue weighted by atomic mass is 9.64. The quantitative estimate of drug-likeness (QED) is 0.225. The van der Waals surface area contributed by atoms with Crippen molar-refractivity contribution in [2.24, 2.45) is 0 Å². The van der Waals surface area contributed by atoms with Crippen LogP contribution >= 0.6 is 0 Å². The highest BCUT2D eigenvalue weighted by molar-refractivity contribution is 6.05. The van der Waals surface area contributed by atoms with E-state index in [-0.39, 0.29) is 11.5 Å². The Morgan fingerprint density at radius 2 is 0.698 bits per heavy atom. The van der Waals surface area contributed by atoms with Gasteiger partial charge in [-0.15, -0.1) is 0 Å². The Morgan fingerprint density at radius 1 is 0.349 bits per heavy atom. The fourth-order valence-corrected chi connectivity index (χ4v) is 7.66. The second-order valence-electron chi connectivity index (χ2n) is 11.6. The Morgan fingerprint density at radius 3 is 1.12 bits per heavy atom. The highest BCUT2D eigenvalue weighted by atomic mass is 16.3.